The lowest BCUT2D eigenvalue weighted by molar-refractivity contribution is 0.600. The van der Waals surface area contributed by atoms with E-state index in [1.54, 1.807) is 34.2 Å². The van der Waals surface area contributed by atoms with Crippen LogP contribution < -0.4 is 4.72 Å². The number of thiophene rings is 2. The van der Waals surface area contributed by atoms with Crippen molar-refractivity contribution in [3.8, 4) is 15.6 Å². The van der Waals surface area contributed by atoms with Gasteiger partial charge in [0.15, 0.2) is 0 Å². The molecule has 0 aliphatic heterocycles. The second kappa shape index (κ2) is 8.52. The average Bonchev–Trinajstić information content (AvgIpc) is 3.47. The summed E-state index contributed by atoms with van der Waals surface area (Å²) in [4.78, 5) is 1.23. The number of anilines is 1. The third kappa shape index (κ3) is 4.44. The molecule has 0 aliphatic rings. The summed E-state index contributed by atoms with van der Waals surface area (Å²) in [7, 11) is -3.72. The number of nitrogens with zero attached hydrogens (tertiary/aromatic N) is 2. The van der Waals surface area contributed by atoms with Crippen molar-refractivity contribution in [2.45, 2.75) is 31.1 Å². The van der Waals surface area contributed by atoms with Crippen molar-refractivity contribution in [1.82, 2.24) is 9.78 Å². The fraction of sp³-hybridized carbons (Fsp3) is 0.190. The maximum atomic E-state index is 13.0. The smallest absolute Gasteiger partial charge is 0.263 e. The Bertz CT molecular complexity index is 1160. The molecule has 1 aromatic carbocycles. The summed E-state index contributed by atoms with van der Waals surface area (Å²) >= 11 is 3.07. The summed E-state index contributed by atoms with van der Waals surface area (Å²) < 4.78 is 30.4. The van der Waals surface area contributed by atoms with Crippen molar-refractivity contribution in [2.24, 2.45) is 0 Å². The fourth-order valence-electron chi connectivity index (χ4n) is 2.97. The number of hydrogen-bond acceptors (Lipinski definition) is 5. The first-order valence-corrected chi connectivity index (χ1v) is 12.6. The molecule has 0 aliphatic carbocycles. The molecule has 8 heteroatoms. The lowest BCUT2D eigenvalue weighted by Crippen LogP contribution is -2.15. The van der Waals surface area contributed by atoms with E-state index in [0.29, 0.717) is 5.82 Å². The summed E-state index contributed by atoms with van der Waals surface area (Å²) in [6.07, 6.45) is 3.16. The molecule has 0 radical (unpaired) electrons. The molecule has 0 spiro atoms. The van der Waals surface area contributed by atoms with Crippen LogP contribution in [0, 0.1) is 0 Å². The van der Waals surface area contributed by atoms with Gasteiger partial charge in [-0.25, -0.2) is 13.1 Å². The predicted octanol–water partition coefficient (Wildman–Crippen LogP) is 5.81. The van der Waals surface area contributed by atoms with Crippen molar-refractivity contribution in [2.75, 3.05) is 4.72 Å². The number of unbranched alkanes of at least 4 members (excludes halogenated alkanes) is 1. The van der Waals surface area contributed by atoms with Crippen LogP contribution in [0.1, 0.15) is 25.3 Å². The fourth-order valence-corrected chi connectivity index (χ4v) is 5.38. The molecular weight excluding hydrogens is 422 g/mol. The van der Waals surface area contributed by atoms with Crippen molar-refractivity contribution < 1.29 is 8.42 Å². The number of nitrogens with one attached hydrogen (secondary N) is 1. The lowest BCUT2D eigenvalue weighted by atomic mass is 10.1. The van der Waals surface area contributed by atoms with Gasteiger partial charge in [-0.1, -0.05) is 31.5 Å². The van der Waals surface area contributed by atoms with Crippen LogP contribution in [0.15, 0.2) is 70.3 Å². The van der Waals surface area contributed by atoms with Crippen LogP contribution in [0.4, 0.5) is 5.82 Å². The molecule has 0 amide bonds. The Morgan fingerprint density at radius 3 is 2.45 bits per heavy atom. The zero-order chi connectivity index (χ0) is 20.3. The minimum Gasteiger partial charge on any atom is -0.263 e. The van der Waals surface area contributed by atoms with Crippen LogP contribution in [-0.4, -0.2) is 18.2 Å². The Hall–Kier alpha value is -2.42. The van der Waals surface area contributed by atoms with E-state index < -0.39 is 10.0 Å². The Labute approximate surface area is 178 Å². The maximum absolute atomic E-state index is 13.0. The molecule has 3 aromatic heterocycles. The molecule has 0 bridgehead atoms. The largest absolute Gasteiger partial charge is 0.263 e. The van der Waals surface area contributed by atoms with E-state index >= 15 is 0 Å². The monoisotopic (exact) mass is 443 g/mol. The highest BCUT2D eigenvalue weighted by Crippen LogP contribution is 2.30. The zero-order valence-electron chi connectivity index (χ0n) is 15.9. The number of aromatic nitrogens is 2. The molecule has 0 atom stereocenters. The van der Waals surface area contributed by atoms with Crippen LogP contribution in [0.25, 0.3) is 15.6 Å². The lowest BCUT2D eigenvalue weighted by Gasteiger charge is -2.10. The number of aryl methyl sites for hydroxylation is 1. The third-order valence-corrected chi connectivity index (χ3v) is 7.60. The van der Waals surface area contributed by atoms with Crippen LogP contribution in [-0.2, 0) is 16.4 Å². The third-order valence-electron chi connectivity index (χ3n) is 4.49. The maximum Gasteiger partial charge on any atom is 0.263 e. The van der Waals surface area contributed by atoms with E-state index in [-0.39, 0.29) is 4.90 Å². The summed E-state index contributed by atoms with van der Waals surface area (Å²) in [5.74, 6) is 0.422. The van der Waals surface area contributed by atoms with Crippen LogP contribution in [0.5, 0.6) is 0 Å². The number of benzene rings is 1. The van der Waals surface area contributed by atoms with E-state index in [4.69, 9.17) is 0 Å². The predicted molar refractivity (Wildman–Crippen MR) is 121 cm³/mol. The molecule has 4 rings (SSSR count). The van der Waals surface area contributed by atoms with Crippen molar-refractivity contribution >= 4 is 38.5 Å². The van der Waals surface area contributed by atoms with Crippen LogP contribution >= 0.6 is 22.7 Å². The van der Waals surface area contributed by atoms with Crippen LogP contribution in [0.2, 0.25) is 0 Å². The molecule has 3 heterocycles. The van der Waals surface area contributed by atoms with Gasteiger partial charge in [0.1, 0.15) is 16.5 Å². The molecule has 4 aromatic rings. The molecular formula is C21H21N3O2S3. The molecule has 0 unspecified atom stereocenters. The second-order valence-electron chi connectivity index (χ2n) is 6.61. The van der Waals surface area contributed by atoms with Crippen LogP contribution in [0.3, 0.4) is 0 Å². The van der Waals surface area contributed by atoms with Gasteiger partial charge in [-0.3, -0.25) is 4.72 Å². The minimum atomic E-state index is -3.72. The first-order chi connectivity index (χ1) is 14.1. The Morgan fingerprint density at radius 1 is 1.03 bits per heavy atom. The van der Waals surface area contributed by atoms with Gasteiger partial charge in [-0.05, 0) is 59.5 Å². The number of sulfonamides is 1. The van der Waals surface area contributed by atoms with Gasteiger partial charge in [-0.2, -0.15) is 5.10 Å². The summed E-state index contributed by atoms with van der Waals surface area (Å²) in [5, 5.41) is 9.39. The van der Waals surface area contributed by atoms with E-state index in [2.05, 4.69) is 16.7 Å². The van der Waals surface area contributed by atoms with Crippen molar-refractivity contribution in [3.05, 3.63) is 70.9 Å². The molecule has 150 valence electrons. The molecule has 0 saturated carbocycles. The molecule has 1 N–H and O–H groups in total. The topological polar surface area (TPSA) is 64.0 Å². The van der Waals surface area contributed by atoms with E-state index in [1.807, 2.05) is 47.2 Å². The highest BCUT2D eigenvalue weighted by molar-refractivity contribution is 7.92. The Kier molecular flexibility index (Phi) is 5.84. The van der Waals surface area contributed by atoms with Crippen molar-refractivity contribution in [3.63, 3.8) is 0 Å². The standard InChI is InChI=1S/C21H21N3O2S3/c1-2-3-6-16-9-11-17(12-10-16)29(25,26)23-20-15-18(19-7-4-13-27-19)22-24(20)21-8-5-14-28-21/h4-5,7-15,23H,2-3,6H2,1H3. The molecule has 0 fully saturated rings. The highest BCUT2D eigenvalue weighted by atomic mass is 32.2. The van der Waals surface area contributed by atoms with Gasteiger partial charge < -0.3 is 0 Å². The van der Waals surface area contributed by atoms with E-state index in [9.17, 15) is 8.42 Å². The van der Waals surface area contributed by atoms with Gasteiger partial charge in [0.25, 0.3) is 10.0 Å². The van der Waals surface area contributed by atoms with Crippen molar-refractivity contribution in [1.29, 1.82) is 0 Å². The van der Waals surface area contributed by atoms with Gasteiger partial charge >= 0.3 is 0 Å². The molecule has 0 saturated heterocycles. The summed E-state index contributed by atoms with van der Waals surface area (Å²) in [6, 6.07) is 16.6. The minimum absolute atomic E-state index is 0.245. The second-order valence-corrected chi connectivity index (χ2v) is 10.2. The number of hydrogen-bond donors (Lipinski definition) is 1. The summed E-state index contributed by atoms with van der Waals surface area (Å²) in [6.45, 7) is 2.14. The highest BCUT2D eigenvalue weighted by Gasteiger charge is 2.20. The molecule has 5 nitrogen and oxygen atoms in total. The first-order valence-electron chi connectivity index (χ1n) is 9.36. The number of rotatable bonds is 8. The van der Waals surface area contributed by atoms with Gasteiger partial charge in [0, 0.05) is 6.07 Å². The van der Waals surface area contributed by atoms with Gasteiger partial charge in [-0.15, -0.1) is 22.7 Å². The van der Waals surface area contributed by atoms with E-state index in [0.717, 1.165) is 40.4 Å². The Morgan fingerprint density at radius 2 is 1.79 bits per heavy atom. The van der Waals surface area contributed by atoms with E-state index in [1.165, 1.54) is 11.3 Å². The first kappa shape index (κ1) is 19.9. The SMILES string of the molecule is CCCCc1ccc(S(=O)(=O)Nc2cc(-c3cccs3)nn2-c2cccs2)cc1. The zero-order valence-corrected chi connectivity index (χ0v) is 18.4. The Balaban J connectivity index is 1.65. The average molecular weight is 444 g/mol. The summed E-state index contributed by atoms with van der Waals surface area (Å²) in [5.41, 5.74) is 1.88. The molecule has 29 heavy (non-hydrogen) atoms. The van der Waals surface area contributed by atoms with Gasteiger partial charge in [0.05, 0.1) is 9.77 Å². The normalized spacial score (nSPS) is 11.6. The quantitative estimate of drug-likeness (QED) is 0.374. The van der Waals surface area contributed by atoms with Gasteiger partial charge in [0.2, 0.25) is 0 Å².